The molecule has 7 nitrogen and oxygen atoms in total. The lowest BCUT2D eigenvalue weighted by molar-refractivity contribution is 0.304. The molecule has 0 atom stereocenters. The van der Waals surface area contributed by atoms with Gasteiger partial charge in [0.15, 0.2) is 17.3 Å². The van der Waals surface area contributed by atoms with E-state index in [9.17, 15) is 0 Å². The molecule has 7 heteroatoms. The summed E-state index contributed by atoms with van der Waals surface area (Å²) in [5.41, 5.74) is 7.91. The van der Waals surface area contributed by atoms with Crippen LogP contribution in [0, 0.1) is 6.92 Å². The number of hydrogen-bond acceptors (Lipinski definition) is 6. The predicted molar refractivity (Wildman–Crippen MR) is 65.1 cm³/mol. The van der Waals surface area contributed by atoms with Crippen molar-refractivity contribution in [3.8, 4) is 0 Å². The number of aryl methyl sites for hydroxylation is 1. The van der Waals surface area contributed by atoms with Crippen molar-refractivity contribution in [2.24, 2.45) is 5.16 Å². The minimum Gasteiger partial charge on any atom is -0.409 e. The normalized spacial score (nSPS) is 11.5. The summed E-state index contributed by atoms with van der Waals surface area (Å²) in [5.74, 6) is 0.192. The Bertz CT molecular complexity index is 564. The van der Waals surface area contributed by atoms with Gasteiger partial charge in [0, 0.05) is 6.54 Å². The van der Waals surface area contributed by atoms with E-state index < -0.39 is 0 Å². The molecular weight excluding hydrogens is 234 g/mol. The molecule has 0 aliphatic heterocycles. The van der Waals surface area contributed by atoms with E-state index in [1.807, 2.05) is 31.2 Å². The number of amidine groups is 1. The van der Waals surface area contributed by atoms with Crippen molar-refractivity contribution in [2.45, 2.75) is 13.5 Å². The summed E-state index contributed by atoms with van der Waals surface area (Å²) in [5, 5.41) is 21.9. The van der Waals surface area contributed by atoms with Crippen LogP contribution in [0.4, 0.5) is 5.82 Å². The molecule has 2 rings (SSSR count). The van der Waals surface area contributed by atoms with Crippen molar-refractivity contribution in [3.05, 3.63) is 41.1 Å². The molecule has 0 aliphatic rings. The lowest BCUT2D eigenvalue weighted by Crippen LogP contribution is -2.25. The molecule has 2 aromatic rings. The summed E-state index contributed by atoms with van der Waals surface area (Å²) in [6, 6.07) is 7.87. The summed E-state index contributed by atoms with van der Waals surface area (Å²) in [7, 11) is 0. The molecule has 0 radical (unpaired) electrons. The van der Waals surface area contributed by atoms with Gasteiger partial charge >= 0.3 is 0 Å². The van der Waals surface area contributed by atoms with Gasteiger partial charge in [-0.15, -0.1) is 0 Å². The summed E-state index contributed by atoms with van der Waals surface area (Å²) in [6.45, 7) is 2.48. The number of aromatic nitrogens is 2. The fourth-order valence-corrected chi connectivity index (χ4v) is 1.51. The topological polar surface area (TPSA) is 110 Å². The van der Waals surface area contributed by atoms with E-state index in [1.54, 1.807) is 0 Å². The molecule has 0 unspecified atom stereocenters. The molecular formula is C11H13N5O2. The molecule has 4 N–H and O–H groups in total. The van der Waals surface area contributed by atoms with Gasteiger partial charge in [0.25, 0.3) is 0 Å². The van der Waals surface area contributed by atoms with Crippen molar-refractivity contribution in [1.29, 1.82) is 0 Å². The third-order valence-electron chi connectivity index (χ3n) is 2.55. The van der Waals surface area contributed by atoms with E-state index in [4.69, 9.17) is 10.9 Å². The Morgan fingerprint density at radius 3 is 2.83 bits per heavy atom. The molecule has 1 aromatic heterocycles. The minimum atomic E-state index is 0.0695. The Hall–Kier alpha value is -2.57. The smallest absolute Gasteiger partial charge is 0.199 e. The van der Waals surface area contributed by atoms with Gasteiger partial charge in [-0.3, -0.25) is 0 Å². The summed E-state index contributed by atoms with van der Waals surface area (Å²) < 4.78 is 4.45. The average Bonchev–Trinajstić information content (AvgIpc) is 2.79. The van der Waals surface area contributed by atoms with Crippen LogP contribution in [0.25, 0.3) is 0 Å². The lowest BCUT2D eigenvalue weighted by atomic mass is 10.1. The van der Waals surface area contributed by atoms with Gasteiger partial charge in [-0.2, -0.15) is 0 Å². The quantitative estimate of drug-likeness (QED) is 0.321. The third kappa shape index (κ3) is 2.40. The largest absolute Gasteiger partial charge is 0.409 e. The second-order valence-electron chi connectivity index (χ2n) is 3.73. The average molecular weight is 247 g/mol. The summed E-state index contributed by atoms with van der Waals surface area (Å²) in [4.78, 5) is 0. The van der Waals surface area contributed by atoms with E-state index in [-0.39, 0.29) is 17.3 Å². The zero-order chi connectivity index (χ0) is 13.0. The second kappa shape index (κ2) is 5.17. The first-order valence-corrected chi connectivity index (χ1v) is 5.31. The second-order valence-corrected chi connectivity index (χ2v) is 3.73. The molecule has 18 heavy (non-hydrogen) atoms. The van der Waals surface area contributed by atoms with E-state index in [1.165, 1.54) is 0 Å². The van der Waals surface area contributed by atoms with Crippen LogP contribution < -0.4 is 11.1 Å². The summed E-state index contributed by atoms with van der Waals surface area (Å²) >= 11 is 0. The SMILES string of the molecule is Cc1ccccc1CN/C(=N\O)c1nonc1N. The molecule has 0 amide bonds. The van der Waals surface area contributed by atoms with Crippen molar-refractivity contribution >= 4 is 11.7 Å². The third-order valence-corrected chi connectivity index (χ3v) is 2.55. The Balaban J connectivity index is 2.10. The lowest BCUT2D eigenvalue weighted by Gasteiger charge is -2.08. The van der Waals surface area contributed by atoms with Gasteiger partial charge in [0.2, 0.25) is 0 Å². The van der Waals surface area contributed by atoms with Crippen LogP contribution >= 0.6 is 0 Å². The number of hydrogen-bond donors (Lipinski definition) is 3. The molecule has 1 heterocycles. The zero-order valence-electron chi connectivity index (χ0n) is 9.79. The molecule has 0 fully saturated rings. The van der Waals surface area contributed by atoms with Crippen LogP contribution in [0.5, 0.6) is 0 Å². The molecule has 0 spiro atoms. The first kappa shape index (κ1) is 11.9. The predicted octanol–water partition coefficient (Wildman–Crippen LogP) is 0.886. The van der Waals surface area contributed by atoms with Gasteiger partial charge in [0.1, 0.15) is 0 Å². The van der Waals surface area contributed by atoms with Crippen molar-refractivity contribution in [3.63, 3.8) is 0 Å². The number of oxime groups is 1. The van der Waals surface area contributed by atoms with E-state index in [0.29, 0.717) is 6.54 Å². The fourth-order valence-electron chi connectivity index (χ4n) is 1.51. The summed E-state index contributed by atoms with van der Waals surface area (Å²) in [6.07, 6.45) is 0. The van der Waals surface area contributed by atoms with Gasteiger partial charge in [-0.05, 0) is 28.4 Å². The van der Waals surface area contributed by atoms with Crippen molar-refractivity contribution in [2.75, 3.05) is 5.73 Å². The van der Waals surface area contributed by atoms with Crippen LogP contribution in [0.15, 0.2) is 34.1 Å². The van der Waals surface area contributed by atoms with E-state index in [2.05, 4.69) is 25.4 Å². The number of nitrogens with zero attached hydrogens (tertiary/aromatic N) is 3. The van der Waals surface area contributed by atoms with Crippen molar-refractivity contribution < 1.29 is 9.84 Å². The maximum atomic E-state index is 8.93. The number of rotatable bonds is 3. The fraction of sp³-hybridized carbons (Fsp3) is 0.182. The number of anilines is 1. The number of nitrogen functional groups attached to an aromatic ring is 1. The highest BCUT2D eigenvalue weighted by Gasteiger charge is 2.14. The maximum Gasteiger partial charge on any atom is 0.199 e. The molecule has 0 saturated heterocycles. The standard InChI is InChI=1S/C11H13N5O2/c1-7-4-2-3-5-8(7)6-13-11(14-17)9-10(12)16-18-15-9/h2-5,17H,6H2,1H3,(H2,12,16)(H,13,14). The maximum absolute atomic E-state index is 8.93. The van der Waals surface area contributed by atoms with Crippen LogP contribution in [0.3, 0.4) is 0 Å². The van der Waals surface area contributed by atoms with E-state index >= 15 is 0 Å². The van der Waals surface area contributed by atoms with Crippen LogP contribution in [0.2, 0.25) is 0 Å². The van der Waals surface area contributed by atoms with Gasteiger partial charge in [0.05, 0.1) is 0 Å². The van der Waals surface area contributed by atoms with Crippen LogP contribution in [0.1, 0.15) is 16.8 Å². The Kier molecular flexibility index (Phi) is 3.42. The highest BCUT2D eigenvalue weighted by molar-refractivity contribution is 5.99. The molecule has 0 bridgehead atoms. The Labute approximate surface area is 103 Å². The van der Waals surface area contributed by atoms with Gasteiger partial charge < -0.3 is 16.3 Å². The Morgan fingerprint density at radius 1 is 1.44 bits per heavy atom. The molecule has 94 valence electrons. The number of benzene rings is 1. The molecule has 0 saturated carbocycles. The first-order valence-electron chi connectivity index (χ1n) is 5.31. The molecule has 1 aromatic carbocycles. The highest BCUT2D eigenvalue weighted by atomic mass is 16.6. The first-order chi connectivity index (χ1) is 8.72. The number of nitrogens with two attached hydrogens (primary N) is 1. The number of nitrogens with one attached hydrogen (secondary N) is 1. The van der Waals surface area contributed by atoms with Crippen molar-refractivity contribution in [1.82, 2.24) is 15.6 Å². The van der Waals surface area contributed by atoms with Crippen LogP contribution in [-0.2, 0) is 6.54 Å². The zero-order valence-corrected chi connectivity index (χ0v) is 9.79. The molecule has 0 aliphatic carbocycles. The van der Waals surface area contributed by atoms with E-state index in [0.717, 1.165) is 11.1 Å². The van der Waals surface area contributed by atoms with Crippen LogP contribution in [-0.4, -0.2) is 21.4 Å². The van der Waals surface area contributed by atoms with Gasteiger partial charge in [-0.25, -0.2) is 4.63 Å². The highest BCUT2D eigenvalue weighted by Crippen LogP contribution is 2.08. The minimum absolute atomic E-state index is 0.0695. The monoisotopic (exact) mass is 247 g/mol. The Morgan fingerprint density at radius 2 is 2.22 bits per heavy atom. The van der Waals surface area contributed by atoms with Gasteiger partial charge in [-0.1, -0.05) is 29.4 Å².